The number of hydrogen-bond acceptors (Lipinski definition) is 4. The van der Waals surface area contributed by atoms with E-state index >= 15 is 0 Å². The summed E-state index contributed by atoms with van der Waals surface area (Å²) >= 11 is 0. The molecule has 0 saturated carbocycles. The summed E-state index contributed by atoms with van der Waals surface area (Å²) < 4.78 is 4.93. The Morgan fingerprint density at radius 3 is 2.83 bits per heavy atom. The average molecular weight is 247 g/mol. The number of nitrogens with one attached hydrogen (secondary N) is 1. The molecule has 0 aliphatic rings. The Hall–Kier alpha value is -2.48. The Morgan fingerprint density at radius 2 is 2.28 bits per heavy atom. The standard InChI is InChI=1S/C13H13NO4/c1-9(16)14-7-3-4-11-10(8-15)5-6-12(18-2)13(11)17/h5-6,8,17H,7H2,1-2H3,(H,14,16). The summed E-state index contributed by atoms with van der Waals surface area (Å²) in [6.45, 7) is 1.52. The molecule has 5 heteroatoms. The average Bonchev–Trinajstić information content (AvgIpc) is 2.35. The summed E-state index contributed by atoms with van der Waals surface area (Å²) in [5.74, 6) is 5.14. The molecule has 0 radical (unpaired) electrons. The van der Waals surface area contributed by atoms with E-state index in [0.29, 0.717) is 6.29 Å². The van der Waals surface area contributed by atoms with Crippen molar-refractivity contribution in [3.63, 3.8) is 0 Å². The second kappa shape index (κ2) is 6.30. The van der Waals surface area contributed by atoms with Gasteiger partial charge in [0.1, 0.15) is 0 Å². The quantitative estimate of drug-likeness (QED) is 0.609. The maximum atomic E-state index is 10.8. The van der Waals surface area contributed by atoms with E-state index < -0.39 is 0 Å². The molecule has 0 atom stereocenters. The van der Waals surface area contributed by atoms with Crippen LogP contribution in [-0.4, -0.2) is 31.0 Å². The van der Waals surface area contributed by atoms with Gasteiger partial charge in [-0.15, -0.1) is 0 Å². The van der Waals surface area contributed by atoms with Crippen molar-refractivity contribution in [2.75, 3.05) is 13.7 Å². The van der Waals surface area contributed by atoms with Gasteiger partial charge in [-0.25, -0.2) is 0 Å². The number of phenols is 1. The molecule has 0 aromatic heterocycles. The number of rotatable bonds is 3. The first-order valence-corrected chi connectivity index (χ1v) is 5.18. The number of aldehydes is 1. The Balaban J connectivity index is 3.05. The summed E-state index contributed by atoms with van der Waals surface area (Å²) in [5, 5.41) is 12.3. The summed E-state index contributed by atoms with van der Waals surface area (Å²) in [6, 6.07) is 2.99. The van der Waals surface area contributed by atoms with E-state index in [9.17, 15) is 14.7 Å². The number of amides is 1. The lowest BCUT2D eigenvalue weighted by Gasteiger charge is -2.06. The SMILES string of the molecule is COc1ccc(C=O)c(C#CCNC(C)=O)c1O. The predicted molar refractivity (Wildman–Crippen MR) is 65.6 cm³/mol. The molecule has 0 saturated heterocycles. The Kier molecular flexibility index (Phi) is 4.76. The number of ether oxygens (including phenoxy) is 1. The Bertz CT molecular complexity index is 526. The lowest BCUT2D eigenvalue weighted by Crippen LogP contribution is -2.19. The second-order valence-electron chi connectivity index (χ2n) is 3.41. The van der Waals surface area contributed by atoms with E-state index in [4.69, 9.17) is 4.74 Å². The van der Waals surface area contributed by atoms with Gasteiger partial charge in [0.2, 0.25) is 5.91 Å². The molecule has 1 rings (SSSR count). The van der Waals surface area contributed by atoms with Gasteiger partial charge in [0.25, 0.3) is 0 Å². The highest BCUT2D eigenvalue weighted by atomic mass is 16.5. The van der Waals surface area contributed by atoms with Gasteiger partial charge in [-0.3, -0.25) is 9.59 Å². The van der Waals surface area contributed by atoms with Crippen molar-refractivity contribution in [3.05, 3.63) is 23.3 Å². The number of aromatic hydroxyl groups is 1. The molecule has 0 aliphatic carbocycles. The van der Waals surface area contributed by atoms with E-state index in [-0.39, 0.29) is 35.1 Å². The maximum Gasteiger partial charge on any atom is 0.217 e. The van der Waals surface area contributed by atoms with Gasteiger partial charge >= 0.3 is 0 Å². The summed E-state index contributed by atoms with van der Waals surface area (Å²) in [6.07, 6.45) is 0.599. The van der Waals surface area contributed by atoms with Crippen LogP contribution in [0.4, 0.5) is 0 Å². The van der Waals surface area contributed by atoms with Crippen LogP contribution in [0, 0.1) is 11.8 Å². The number of carbonyl (C=O) groups excluding carboxylic acids is 2. The van der Waals surface area contributed by atoms with Crippen LogP contribution in [0.2, 0.25) is 0 Å². The highest BCUT2D eigenvalue weighted by Crippen LogP contribution is 2.30. The molecule has 0 spiro atoms. The molecule has 94 valence electrons. The van der Waals surface area contributed by atoms with Gasteiger partial charge in [-0.2, -0.15) is 0 Å². The van der Waals surface area contributed by atoms with Crippen LogP contribution in [0.5, 0.6) is 11.5 Å². The van der Waals surface area contributed by atoms with Crippen LogP contribution in [0.25, 0.3) is 0 Å². The molecule has 5 nitrogen and oxygen atoms in total. The minimum atomic E-state index is -0.199. The van der Waals surface area contributed by atoms with E-state index in [1.165, 1.54) is 26.2 Å². The smallest absolute Gasteiger partial charge is 0.217 e. The highest BCUT2D eigenvalue weighted by molar-refractivity contribution is 5.82. The third-order valence-corrected chi connectivity index (χ3v) is 2.16. The molecular formula is C13H13NO4. The first-order chi connectivity index (χ1) is 8.60. The van der Waals surface area contributed by atoms with E-state index in [1.54, 1.807) is 0 Å². The fraction of sp³-hybridized carbons (Fsp3) is 0.231. The topological polar surface area (TPSA) is 75.6 Å². The van der Waals surface area contributed by atoms with Gasteiger partial charge in [-0.05, 0) is 12.1 Å². The number of carbonyl (C=O) groups is 2. The molecule has 1 aromatic carbocycles. The molecule has 1 aromatic rings. The van der Waals surface area contributed by atoms with Crippen molar-refractivity contribution in [2.24, 2.45) is 0 Å². The van der Waals surface area contributed by atoms with Crippen molar-refractivity contribution >= 4 is 12.2 Å². The molecular weight excluding hydrogens is 234 g/mol. The highest BCUT2D eigenvalue weighted by Gasteiger charge is 2.10. The molecule has 2 N–H and O–H groups in total. The fourth-order valence-electron chi connectivity index (χ4n) is 1.28. The van der Waals surface area contributed by atoms with Crippen LogP contribution in [0.15, 0.2) is 12.1 Å². The minimum Gasteiger partial charge on any atom is -0.503 e. The summed E-state index contributed by atoms with van der Waals surface area (Å²) in [5.41, 5.74) is 0.457. The zero-order valence-corrected chi connectivity index (χ0v) is 10.1. The van der Waals surface area contributed by atoms with Crippen LogP contribution < -0.4 is 10.1 Å². The zero-order valence-electron chi connectivity index (χ0n) is 10.1. The third-order valence-electron chi connectivity index (χ3n) is 2.16. The summed E-state index contributed by atoms with van der Waals surface area (Å²) in [4.78, 5) is 21.5. The van der Waals surface area contributed by atoms with Gasteiger partial charge in [-0.1, -0.05) is 11.8 Å². The van der Waals surface area contributed by atoms with Crippen LogP contribution in [0.1, 0.15) is 22.8 Å². The predicted octanol–water partition coefficient (Wildman–Crippen LogP) is 0.701. The Morgan fingerprint density at radius 1 is 1.56 bits per heavy atom. The number of methoxy groups -OCH3 is 1. The van der Waals surface area contributed by atoms with Crippen molar-refractivity contribution in [3.8, 4) is 23.3 Å². The van der Waals surface area contributed by atoms with Gasteiger partial charge in [0.15, 0.2) is 17.8 Å². The lowest BCUT2D eigenvalue weighted by atomic mass is 10.1. The van der Waals surface area contributed by atoms with E-state index in [0.717, 1.165) is 0 Å². The molecule has 0 fully saturated rings. The monoisotopic (exact) mass is 247 g/mol. The number of hydrogen-bond donors (Lipinski definition) is 2. The van der Waals surface area contributed by atoms with Crippen LogP contribution in [0.3, 0.4) is 0 Å². The molecule has 1 amide bonds. The minimum absolute atomic E-state index is 0.143. The van der Waals surface area contributed by atoms with Crippen molar-refractivity contribution in [1.29, 1.82) is 0 Å². The van der Waals surface area contributed by atoms with Crippen molar-refractivity contribution in [1.82, 2.24) is 5.32 Å². The van der Waals surface area contributed by atoms with Crippen LogP contribution in [-0.2, 0) is 4.79 Å². The van der Waals surface area contributed by atoms with Gasteiger partial charge < -0.3 is 15.2 Å². The Labute approximate surface area is 105 Å². The van der Waals surface area contributed by atoms with Gasteiger partial charge in [0.05, 0.1) is 19.2 Å². The number of phenolic OH excluding ortho intramolecular Hbond substituents is 1. The normalized spacial score (nSPS) is 9.00. The molecule has 18 heavy (non-hydrogen) atoms. The van der Waals surface area contributed by atoms with Gasteiger partial charge in [0, 0.05) is 12.5 Å². The fourth-order valence-corrected chi connectivity index (χ4v) is 1.28. The first-order valence-electron chi connectivity index (χ1n) is 5.18. The first kappa shape index (κ1) is 13.6. The largest absolute Gasteiger partial charge is 0.503 e. The lowest BCUT2D eigenvalue weighted by molar-refractivity contribution is -0.118. The van der Waals surface area contributed by atoms with E-state index in [1.807, 2.05) is 0 Å². The third kappa shape index (κ3) is 3.25. The molecule has 0 heterocycles. The number of benzene rings is 1. The van der Waals surface area contributed by atoms with Crippen molar-refractivity contribution < 1.29 is 19.4 Å². The molecule has 0 bridgehead atoms. The second-order valence-corrected chi connectivity index (χ2v) is 3.41. The zero-order chi connectivity index (χ0) is 13.5. The maximum absolute atomic E-state index is 10.8. The van der Waals surface area contributed by atoms with Crippen molar-refractivity contribution in [2.45, 2.75) is 6.92 Å². The van der Waals surface area contributed by atoms with E-state index in [2.05, 4.69) is 17.2 Å². The molecule has 0 unspecified atom stereocenters. The van der Waals surface area contributed by atoms with Crippen LogP contribution >= 0.6 is 0 Å². The molecule has 0 aliphatic heterocycles. The summed E-state index contributed by atoms with van der Waals surface area (Å²) in [7, 11) is 1.41.